The molecule has 1 fully saturated rings. The Balaban J connectivity index is 1.70. The molecule has 1 unspecified atom stereocenters. The molecule has 0 spiro atoms. The summed E-state index contributed by atoms with van der Waals surface area (Å²) in [5.74, 6) is 1.06. The van der Waals surface area contributed by atoms with E-state index in [1.54, 1.807) is 24.3 Å². The first-order valence-corrected chi connectivity index (χ1v) is 7.68. The summed E-state index contributed by atoms with van der Waals surface area (Å²) in [6.07, 6.45) is 0. The highest BCUT2D eigenvalue weighted by molar-refractivity contribution is 5.51. The zero-order valence-electron chi connectivity index (χ0n) is 13.2. The molecule has 0 bridgehead atoms. The van der Waals surface area contributed by atoms with E-state index in [1.807, 2.05) is 19.1 Å². The average molecular weight is 299 g/mol. The molecule has 2 aromatic rings. The van der Waals surface area contributed by atoms with Crippen molar-refractivity contribution >= 4 is 5.69 Å². The Kier molecular flexibility index (Phi) is 3.59. The Morgan fingerprint density at radius 2 is 1.82 bits per heavy atom. The predicted octanol–water partition coefficient (Wildman–Crippen LogP) is 4.69. The lowest BCUT2D eigenvalue weighted by Crippen LogP contribution is -2.08. The molecule has 116 valence electrons. The molecule has 22 heavy (non-hydrogen) atoms. The van der Waals surface area contributed by atoms with Crippen LogP contribution in [0.4, 0.5) is 10.1 Å². The van der Waals surface area contributed by atoms with E-state index in [0.717, 1.165) is 17.8 Å². The molecule has 0 amide bonds. The van der Waals surface area contributed by atoms with E-state index >= 15 is 0 Å². The van der Waals surface area contributed by atoms with Crippen LogP contribution in [0, 0.1) is 24.1 Å². The zero-order chi connectivity index (χ0) is 15.9. The van der Waals surface area contributed by atoms with Gasteiger partial charge in [0, 0.05) is 12.2 Å². The largest absolute Gasteiger partial charge is 0.508 e. The molecule has 0 heterocycles. The monoisotopic (exact) mass is 299 g/mol. The Morgan fingerprint density at radius 3 is 2.50 bits per heavy atom. The van der Waals surface area contributed by atoms with Crippen LogP contribution in [0.5, 0.6) is 5.75 Å². The SMILES string of the molecule is Cc1ccc(F)cc1NCC1[C@H](c2ccc(O)cc2)C1(C)C. The average Bonchev–Trinajstić information content (AvgIpc) is 3.02. The van der Waals surface area contributed by atoms with Crippen molar-refractivity contribution in [2.24, 2.45) is 11.3 Å². The Hall–Kier alpha value is -2.03. The fourth-order valence-corrected chi connectivity index (χ4v) is 3.47. The number of nitrogens with one attached hydrogen (secondary N) is 1. The summed E-state index contributed by atoms with van der Waals surface area (Å²) in [4.78, 5) is 0. The van der Waals surface area contributed by atoms with Crippen molar-refractivity contribution in [1.82, 2.24) is 0 Å². The van der Waals surface area contributed by atoms with Gasteiger partial charge in [0.05, 0.1) is 0 Å². The highest BCUT2D eigenvalue weighted by Gasteiger charge is 2.57. The third kappa shape index (κ3) is 2.68. The van der Waals surface area contributed by atoms with Gasteiger partial charge < -0.3 is 10.4 Å². The smallest absolute Gasteiger partial charge is 0.125 e. The number of hydrogen-bond acceptors (Lipinski definition) is 2. The van der Waals surface area contributed by atoms with Gasteiger partial charge in [0.15, 0.2) is 0 Å². The fraction of sp³-hybridized carbons (Fsp3) is 0.368. The number of halogens is 1. The van der Waals surface area contributed by atoms with Crippen LogP contribution in [-0.2, 0) is 0 Å². The lowest BCUT2D eigenvalue weighted by molar-refractivity contribution is 0.475. The summed E-state index contributed by atoms with van der Waals surface area (Å²) < 4.78 is 13.4. The topological polar surface area (TPSA) is 32.3 Å². The van der Waals surface area contributed by atoms with Gasteiger partial charge in [-0.2, -0.15) is 0 Å². The molecule has 0 saturated heterocycles. The highest BCUT2D eigenvalue weighted by Crippen LogP contribution is 2.64. The highest BCUT2D eigenvalue weighted by atomic mass is 19.1. The van der Waals surface area contributed by atoms with E-state index in [0.29, 0.717) is 17.6 Å². The summed E-state index contributed by atoms with van der Waals surface area (Å²) in [7, 11) is 0. The summed E-state index contributed by atoms with van der Waals surface area (Å²) in [5, 5.41) is 12.8. The third-order valence-corrected chi connectivity index (χ3v) is 5.01. The van der Waals surface area contributed by atoms with Gasteiger partial charge in [-0.3, -0.25) is 0 Å². The molecule has 0 aliphatic heterocycles. The van der Waals surface area contributed by atoms with E-state index < -0.39 is 0 Å². The fourth-order valence-electron chi connectivity index (χ4n) is 3.47. The van der Waals surface area contributed by atoms with Crippen molar-refractivity contribution in [3.63, 3.8) is 0 Å². The maximum Gasteiger partial charge on any atom is 0.125 e. The van der Waals surface area contributed by atoms with Crippen LogP contribution < -0.4 is 5.32 Å². The van der Waals surface area contributed by atoms with E-state index in [-0.39, 0.29) is 11.2 Å². The van der Waals surface area contributed by atoms with Gasteiger partial charge in [-0.15, -0.1) is 0 Å². The van der Waals surface area contributed by atoms with Crippen molar-refractivity contribution in [1.29, 1.82) is 0 Å². The first-order chi connectivity index (χ1) is 10.4. The van der Waals surface area contributed by atoms with Crippen molar-refractivity contribution in [2.75, 3.05) is 11.9 Å². The minimum atomic E-state index is -0.210. The number of benzene rings is 2. The molecule has 2 nitrogen and oxygen atoms in total. The molecular weight excluding hydrogens is 277 g/mol. The number of phenols is 1. The minimum Gasteiger partial charge on any atom is -0.508 e. The lowest BCUT2D eigenvalue weighted by Gasteiger charge is -2.10. The second kappa shape index (κ2) is 5.31. The first kappa shape index (κ1) is 14.9. The summed E-state index contributed by atoms with van der Waals surface area (Å²) in [5.41, 5.74) is 3.39. The molecule has 3 rings (SSSR count). The van der Waals surface area contributed by atoms with Gasteiger partial charge >= 0.3 is 0 Å². The second-order valence-corrected chi connectivity index (χ2v) is 6.84. The molecule has 2 atom stereocenters. The van der Waals surface area contributed by atoms with Gasteiger partial charge in [0.25, 0.3) is 0 Å². The maximum atomic E-state index is 13.4. The van der Waals surface area contributed by atoms with Crippen molar-refractivity contribution in [3.8, 4) is 5.75 Å². The number of phenolic OH excluding ortho intramolecular Hbond substituents is 1. The zero-order valence-corrected chi connectivity index (χ0v) is 13.2. The molecular formula is C19H22FNO. The van der Waals surface area contributed by atoms with Crippen LogP contribution in [0.15, 0.2) is 42.5 Å². The molecule has 2 N–H and O–H groups in total. The molecule has 1 saturated carbocycles. The normalized spacial score (nSPS) is 22.4. The summed E-state index contributed by atoms with van der Waals surface area (Å²) in [6.45, 7) is 7.32. The van der Waals surface area contributed by atoms with Gasteiger partial charge in [-0.1, -0.05) is 32.0 Å². The van der Waals surface area contributed by atoms with Gasteiger partial charge in [-0.05, 0) is 59.6 Å². The van der Waals surface area contributed by atoms with Crippen molar-refractivity contribution < 1.29 is 9.50 Å². The van der Waals surface area contributed by atoms with Crippen molar-refractivity contribution in [2.45, 2.75) is 26.7 Å². The quantitative estimate of drug-likeness (QED) is 0.858. The minimum absolute atomic E-state index is 0.210. The number of rotatable bonds is 4. The van der Waals surface area contributed by atoms with E-state index in [2.05, 4.69) is 19.2 Å². The maximum absolute atomic E-state index is 13.4. The second-order valence-electron chi connectivity index (χ2n) is 6.84. The van der Waals surface area contributed by atoms with Crippen LogP contribution in [-0.4, -0.2) is 11.7 Å². The molecule has 2 aromatic carbocycles. The van der Waals surface area contributed by atoms with Crippen LogP contribution in [0.1, 0.15) is 30.9 Å². The van der Waals surface area contributed by atoms with Crippen molar-refractivity contribution in [3.05, 3.63) is 59.4 Å². The van der Waals surface area contributed by atoms with Crippen LogP contribution >= 0.6 is 0 Å². The predicted molar refractivity (Wildman–Crippen MR) is 87.7 cm³/mol. The Labute approximate surface area is 131 Å². The summed E-state index contributed by atoms with van der Waals surface area (Å²) in [6, 6.07) is 12.3. The number of aryl methyl sites for hydroxylation is 1. The first-order valence-electron chi connectivity index (χ1n) is 7.68. The molecule has 1 aliphatic carbocycles. The Bertz CT molecular complexity index is 678. The number of anilines is 1. The molecule has 1 aliphatic rings. The van der Waals surface area contributed by atoms with Gasteiger partial charge in [-0.25, -0.2) is 4.39 Å². The standard InChI is InChI=1S/C19H22FNO/c1-12-4-7-14(20)10-17(12)21-11-16-18(19(16,2)3)13-5-8-15(22)9-6-13/h4-10,16,18,21-22H,11H2,1-3H3/t16?,18-/m0/s1. The van der Waals surface area contributed by atoms with E-state index in [9.17, 15) is 9.50 Å². The molecule has 0 radical (unpaired) electrons. The Morgan fingerprint density at radius 1 is 1.14 bits per heavy atom. The molecule has 0 aromatic heterocycles. The number of aromatic hydroxyl groups is 1. The third-order valence-electron chi connectivity index (χ3n) is 5.01. The van der Waals surface area contributed by atoms with Crippen LogP contribution in [0.25, 0.3) is 0 Å². The van der Waals surface area contributed by atoms with Gasteiger partial charge in [0.2, 0.25) is 0 Å². The summed E-state index contributed by atoms with van der Waals surface area (Å²) >= 11 is 0. The van der Waals surface area contributed by atoms with E-state index in [1.165, 1.54) is 11.6 Å². The van der Waals surface area contributed by atoms with Gasteiger partial charge in [0.1, 0.15) is 11.6 Å². The van der Waals surface area contributed by atoms with Crippen LogP contribution in [0.3, 0.4) is 0 Å². The van der Waals surface area contributed by atoms with Crippen LogP contribution in [0.2, 0.25) is 0 Å². The number of hydrogen-bond donors (Lipinski definition) is 2. The van der Waals surface area contributed by atoms with E-state index in [4.69, 9.17) is 0 Å². The lowest BCUT2D eigenvalue weighted by atomic mass is 10.0. The molecule has 3 heteroatoms.